The molecule has 1 aliphatic rings. The SMILES string of the molecule is Cc1c(C(=O)N2CC[C@@H](N)C2)cnn1Cc1ccccc1.Cl. The third-order valence-electron chi connectivity index (χ3n) is 4.02. The molecule has 6 heteroatoms. The zero-order valence-electron chi connectivity index (χ0n) is 12.6. The number of rotatable bonds is 3. The van der Waals surface area contributed by atoms with Crippen molar-refractivity contribution in [3.63, 3.8) is 0 Å². The van der Waals surface area contributed by atoms with Crippen LogP contribution in [0.25, 0.3) is 0 Å². The van der Waals surface area contributed by atoms with Gasteiger partial charge in [0, 0.05) is 24.8 Å². The standard InChI is InChI=1S/C16H20N4O.ClH/c1-12-15(16(21)19-8-7-14(17)11-19)9-18-20(12)10-13-5-3-2-4-6-13;/h2-6,9,14H,7-8,10-11,17H2,1H3;1H/t14-;/m1./s1. The summed E-state index contributed by atoms with van der Waals surface area (Å²) >= 11 is 0. The van der Waals surface area contributed by atoms with Crippen molar-refractivity contribution in [1.29, 1.82) is 0 Å². The molecular weight excluding hydrogens is 300 g/mol. The van der Waals surface area contributed by atoms with Crippen LogP contribution in [0.2, 0.25) is 0 Å². The summed E-state index contributed by atoms with van der Waals surface area (Å²) in [5.74, 6) is 0.0414. The molecule has 5 nitrogen and oxygen atoms in total. The summed E-state index contributed by atoms with van der Waals surface area (Å²) in [5, 5.41) is 4.36. The topological polar surface area (TPSA) is 64.2 Å². The normalized spacial score (nSPS) is 17.4. The van der Waals surface area contributed by atoms with E-state index in [0.717, 1.165) is 18.7 Å². The first-order valence-corrected chi connectivity index (χ1v) is 7.26. The van der Waals surface area contributed by atoms with E-state index in [9.17, 15) is 4.79 Å². The average Bonchev–Trinajstić information content (AvgIpc) is 3.07. The third-order valence-corrected chi connectivity index (χ3v) is 4.02. The molecule has 1 saturated heterocycles. The van der Waals surface area contributed by atoms with Gasteiger partial charge in [-0.2, -0.15) is 5.10 Å². The van der Waals surface area contributed by atoms with Gasteiger partial charge in [0.15, 0.2) is 0 Å². The van der Waals surface area contributed by atoms with Crippen molar-refractivity contribution in [2.45, 2.75) is 25.9 Å². The van der Waals surface area contributed by atoms with Gasteiger partial charge in [0.05, 0.1) is 18.3 Å². The molecule has 3 rings (SSSR count). The number of carbonyl (C=O) groups excluding carboxylic acids is 1. The maximum Gasteiger partial charge on any atom is 0.257 e. The maximum absolute atomic E-state index is 12.5. The minimum Gasteiger partial charge on any atom is -0.337 e. The van der Waals surface area contributed by atoms with Crippen molar-refractivity contribution in [3.05, 3.63) is 53.3 Å². The summed E-state index contributed by atoms with van der Waals surface area (Å²) in [6.45, 7) is 4.00. The molecule has 2 heterocycles. The summed E-state index contributed by atoms with van der Waals surface area (Å²) in [7, 11) is 0. The molecule has 22 heavy (non-hydrogen) atoms. The molecule has 0 saturated carbocycles. The number of benzene rings is 1. The van der Waals surface area contributed by atoms with Crippen LogP contribution >= 0.6 is 12.4 Å². The van der Waals surface area contributed by atoms with Crippen LogP contribution in [0.3, 0.4) is 0 Å². The molecule has 1 aromatic heterocycles. The van der Waals surface area contributed by atoms with Crippen LogP contribution < -0.4 is 5.73 Å². The van der Waals surface area contributed by atoms with Crippen LogP contribution in [0, 0.1) is 6.92 Å². The Balaban J connectivity index is 0.00000176. The molecule has 0 unspecified atom stereocenters. The van der Waals surface area contributed by atoms with E-state index in [1.165, 1.54) is 5.56 Å². The minimum atomic E-state index is 0. The first-order valence-electron chi connectivity index (χ1n) is 7.26. The molecule has 1 aromatic carbocycles. The number of aromatic nitrogens is 2. The van der Waals surface area contributed by atoms with Gasteiger partial charge in [-0.1, -0.05) is 30.3 Å². The Morgan fingerprint density at radius 2 is 2.09 bits per heavy atom. The Labute approximate surface area is 136 Å². The van der Waals surface area contributed by atoms with E-state index in [2.05, 4.69) is 17.2 Å². The summed E-state index contributed by atoms with van der Waals surface area (Å²) in [6, 6.07) is 10.2. The Morgan fingerprint density at radius 1 is 1.36 bits per heavy atom. The van der Waals surface area contributed by atoms with Gasteiger partial charge in [-0.3, -0.25) is 9.48 Å². The predicted octanol–water partition coefficient (Wildman–Crippen LogP) is 1.83. The Kier molecular flexibility index (Phi) is 5.21. The molecule has 0 radical (unpaired) electrons. The molecule has 1 amide bonds. The first-order chi connectivity index (χ1) is 10.1. The van der Waals surface area contributed by atoms with E-state index in [1.54, 1.807) is 6.20 Å². The van der Waals surface area contributed by atoms with Gasteiger partial charge in [-0.05, 0) is 18.9 Å². The Bertz CT molecular complexity index is 641. The molecule has 2 N–H and O–H groups in total. The van der Waals surface area contributed by atoms with Gasteiger partial charge >= 0.3 is 0 Å². The lowest BCUT2D eigenvalue weighted by molar-refractivity contribution is 0.0790. The molecular formula is C16H21ClN4O. The fourth-order valence-electron chi connectivity index (χ4n) is 2.71. The molecule has 118 valence electrons. The van der Waals surface area contributed by atoms with E-state index in [4.69, 9.17) is 5.73 Å². The van der Waals surface area contributed by atoms with Gasteiger partial charge in [-0.25, -0.2) is 0 Å². The lowest BCUT2D eigenvalue weighted by atomic mass is 10.2. The van der Waals surface area contributed by atoms with Gasteiger partial charge in [-0.15, -0.1) is 12.4 Å². The summed E-state index contributed by atoms with van der Waals surface area (Å²) in [5.41, 5.74) is 8.63. The molecule has 1 fully saturated rings. The van der Waals surface area contributed by atoms with Gasteiger partial charge in [0.1, 0.15) is 0 Å². The molecule has 0 bridgehead atoms. The molecule has 2 aromatic rings. The maximum atomic E-state index is 12.5. The number of halogens is 1. The van der Waals surface area contributed by atoms with Gasteiger partial charge in [0.25, 0.3) is 5.91 Å². The van der Waals surface area contributed by atoms with Crippen molar-refractivity contribution < 1.29 is 4.79 Å². The highest BCUT2D eigenvalue weighted by molar-refractivity contribution is 5.95. The van der Waals surface area contributed by atoms with Crippen LogP contribution in [0.4, 0.5) is 0 Å². The van der Waals surface area contributed by atoms with Crippen molar-refractivity contribution >= 4 is 18.3 Å². The second-order valence-corrected chi connectivity index (χ2v) is 5.59. The van der Waals surface area contributed by atoms with E-state index in [-0.39, 0.29) is 24.4 Å². The highest BCUT2D eigenvalue weighted by Gasteiger charge is 2.26. The van der Waals surface area contributed by atoms with Crippen molar-refractivity contribution in [3.8, 4) is 0 Å². The van der Waals surface area contributed by atoms with Crippen LogP contribution in [0.5, 0.6) is 0 Å². The van der Waals surface area contributed by atoms with E-state index in [1.807, 2.05) is 34.7 Å². The summed E-state index contributed by atoms with van der Waals surface area (Å²) in [4.78, 5) is 14.3. The van der Waals surface area contributed by atoms with Crippen molar-refractivity contribution in [2.24, 2.45) is 5.73 Å². The fourth-order valence-corrected chi connectivity index (χ4v) is 2.71. The molecule has 1 aliphatic heterocycles. The number of nitrogens with zero attached hydrogens (tertiary/aromatic N) is 3. The molecule has 0 spiro atoms. The Hall–Kier alpha value is -1.85. The Morgan fingerprint density at radius 3 is 2.73 bits per heavy atom. The lowest BCUT2D eigenvalue weighted by Gasteiger charge is -2.15. The fraction of sp³-hybridized carbons (Fsp3) is 0.375. The van der Waals surface area contributed by atoms with Crippen molar-refractivity contribution in [1.82, 2.24) is 14.7 Å². The van der Waals surface area contributed by atoms with Crippen LogP contribution in [0.15, 0.2) is 36.5 Å². The number of hydrogen-bond acceptors (Lipinski definition) is 3. The summed E-state index contributed by atoms with van der Waals surface area (Å²) in [6.07, 6.45) is 2.55. The first kappa shape index (κ1) is 16.5. The second kappa shape index (κ2) is 6.94. The quantitative estimate of drug-likeness (QED) is 0.938. The molecule has 1 atom stereocenters. The number of hydrogen-bond donors (Lipinski definition) is 1. The van der Waals surface area contributed by atoms with Gasteiger partial charge in [0.2, 0.25) is 0 Å². The third kappa shape index (κ3) is 3.31. The number of likely N-dealkylation sites (tertiary alicyclic amines) is 1. The van der Waals surface area contributed by atoms with E-state index < -0.39 is 0 Å². The van der Waals surface area contributed by atoms with Crippen LogP contribution in [-0.4, -0.2) is 39.7 Å². The smallest absolute Gasteiger partial charge is 0.257 e. The van der Waals surface area contributed by atoms with Crippen molar-refractivity contribution in [2.75, 3.05) is 13.1 Å². The largest absolute Gasteiger partial charge is 0.337 e. The summed E-state index contributed by atoms with van der Waals surface area (Å²) < 4.78 is 1.87. The molecule has 0 aliphatic carbocycles. The lowest BCUT2D eigenvalue weighted by Crippen LogP contribution is -2.32. The van der Waals surface area contributed by atoms with Crippen LogP contribution in [0.1, 0.15) is 28.0 Å². The highest BCUT2D eigenvalue weighted by Crippen LogP contribution is 2.16. The van der Waals surface area contributed by atoms with Gasteiger partial charge < -0.3 is 10.6 Å². The average molecular weight is 321 g/mol. The number of nitrogens with two attached hydrogens (primary N) is 1. The van der Waals surface area contributed by atoms with E-state index >= 15 is 0 Å². The second-order valence-electron chi connectivity index (χ2n) is 5.59. The zero-order valence-corrected chi connectivity index (χ0v) is 13.4. The van der Waals surface area contributed by atoms with Crippen LogP contribution in [-0.2, 0) is 6.54 Å². The zero-order chi connectivity index (χ0) is 14.8. The number of amides is 1. The minimum absolute atomic E-state index is 0. The monoisotopic (exact) mass is 320 g/mol. The predicted molar refractivity (Wildman–Crippen MR) is 88.3 cm³/mol. The van der Waals surface area contributed by atoms with E-state index in [0.29, 0.717) is 18.7 Å². The highest BCUT2D eigenvalue weighted by atomic mass is 35.5. The number of carbonyl (C=O) groups is 1.